The summed E-state index contributed by atoms with van der Waals surface area (Å²) in [6.45, 7) is 1.11. The molecule has 0 spiro atoms. The van der Waals surface area contributed by atoms with Crippen LogP contribution in [-0.2, 0) is 11.3 Å². The quantitative estimate of drug-likeness (QED) is 0.678. The van der Waals surface area contributed by atoms with Crippen molar-refractivity contribution in [1.82, 2.24) is 10.2 Å². The third-order valence-electron chi connectivity index (χ3n) is 3.38. The number of carbonyl (C=O) groups is 1. The Bertz CT molecular complexity index is 533. The van der Waals surface area contributed by atoms with Crippen LogP contribution >= 0.6 is 24.0 Å². The summed E-state index contributed by atoms with van der Waals surface area (Å²) in [6, 6.07) is 4.10. The summed E-state index contributed by atoms with van der Waals surface area (Å²) < 4.78 is 0. The number of hydrogen-bond donors (Lipinski definition) is 1. The van der Waals surface area contributed by atoms with E-state index in [0.29, 0.717) is 10.6 Å². The molecule has 0 bridgehead atoms. The molecule has 1 saturated heterocycles. The highest BCUT2D eigenvalue weighted by atomic mass is 35.5. The van der Waals surface area contributed by atoms with Gasteiger partial charge in [0.25, 0.3) is 5.69 Å². The molecule has 1 aliphatic heterocycles. The zero-order valence-corrected chi connectivity index (χ0v) is 13.1. The Balaban J connectivity index is 0.00000220. The van der Waals surface area contributed by atoms with Crippen LogP contribution in [0.4, 0.5) is 5.69 Å². The predicted molar refractivity (Wildman–Crippen MR) is 82.9 cm³/mol. The molecule has 1 unspecified atom stereocenters. The molecule has 21 heavy (non-hydrogen) atoms. The zero-order chi connectivity index (χ0) is 14.7. The van der Waals surface area contributed by atoms with E-state index in [1.807, 2.05) is 0 Å². The highest BCUT2D eigenvalue weighted by molar-refractivity contribution is 6.31. The summed E-state index contributed by atoms with van der Waals surface area (Å²) in [5, 5.41) is 14.3. The number of amides is 1. The second-order valence-corrected chi connectivity index (χ2v) is 5.28. The number of nitrogens with zero attached hydrogens (tertiary/aromatic N) is 2. The fourth-order valence-corrected chi connectivity index (χ4v) is 2.47. The van der Waals surface area contributed by atoms with Crippen LogP contribution in [0.15, 0.2) is 18.2 Å². The lowest BCUT2D eigenvalue weighted by atomic mass is 10.1. The molecule has 6 nitrogen and oxygen atoms in total. The molecule has 0 aliphatic carbocycles. The van der Waals surface area contributed by atoms with Crippen LogP contribution in [0, 0.1) is 10.1 Å². The molecule has 1 heterocycles. The van der Waals surface area contributed by atoms with E-state index in [-0.39, 0.29) is 36.6 Å². The molecule has 2 rings (SSSR count). The molecule has 1 aromatic carbocycles. The molecule has 116 valence electrons. The van der Waals surface area contributed by atoms with E-state index in [0.717, 1.165) is 19.4 Å². The Morgan fingerprint density at radius 3 is 2.86 bits per heavy atom. The molecule has 0 saturated carbocycles. The molecular formula is C13H17Cl2N3O3. The summed E-state index contributed by atoms with van der Waals surface area (Å²) in [5.41, 5.74) is 0.555. The van der Waals surface area contributed by atoms with Crippen molar-refractivity contribution < 1.29 is 9.72 Å². The molecule has 1 aromatic rings. The van der Waals surface area contributed by atoms with E-state index in [2.05, 4.69) is 5.32 Å². The van der Waals surface area contributed by atoms with Gasteiger partial charge < -0.3 is 10.2 Å². The molecule has 8 heteroatoms. The summed E-state index contributed by atoms with van der Waals surface area (Å²) in [6.07, 6.45) is 1.81. The smallest absolute Gasteiger partial charge is 0.269 e. The number of nitrogens with one attached hydrogen (secondary N) is 1. The fraction of sp³-hybridized carbons (Fsp3) is 0.462. The van der Waals surface area contributed by atoms with Gasteiger partial charge in [-0.3, -0.25) is 14.9 Å². The number of hydrogen-bond acceptors (Lipinski definition) is 4. The first-order valence-corrected chi connectivity index (χ1v) is 6.78. The number of halogens is 2. The number of nitro benzene ring substituents is 1. The van der Waals surface area contributed by atoms with E-state index in [4.69, 9.17) is 11.6 Å². The van der Waals surface area contributed by atoms with Gasteiger partial charge in [-0.25, -0.2) is 0 Å². The van der Waals surface area contributed by atoms with E-state index in [1.165, 1.54) is 18.2 Å². The van der Waals surface area contributed by atoms with Crippen LogP contribution in [0.1, 0.15) is 18.4 Å². The summed E-state index contributed by atoms with van der Waals surface area (Å²) in [4.78, 5) is 24.0. The van der Waals surface area contributed by atoms with Crippen molar-refractivity contribution in [2.45, 2.75) is 25.4 Å². The number of likely N-dealkylation sites (N-methyl/N-ethyl adjacent to an activating group) is 1. The lowest BCUT2D eigenvalue weighted by molar-refractivity contribution is -0.384. The van der Waals surface area contributed by atoms with Crippen molar-refractivity contribution in [2.24, 2.45) is 0 Å². The van der Waals surface area contributed by atoms with Gasteiger partial charge >= 0.3 is 0 Å². The molecular weight excluding hydrogens is 317 g/mol. The molecule has 1 N–H and O–H groups in total. The van der Waals surface area contributed by atoms with Crippen LogP contribution in [-0.4, -0.2) is 35.4 Å². The second kappa shape index (κ2) is 7.59. The molecule has 1 amide bonds. The summed E-state index contributed by atoms with van der Waals surface area (Å²) in [7, 11) is 1.68. The van der Waals surface area contributed by atoms with E-state index in [1.54, 1.807) is 11.9 Å². The van der Waals surface area contributed by atoms with Gasteiger partial charge in [-0.05, 0) is 31.0 Å². The Kier molecular flexibility index (Phi) is 6.39. The zero-order valence-electron chi connectivity index (χ0n) is 11.5. The second-order valence-electron chi connectivity index (χ2n) is 4.88. The Morgan fingerprint density at radius 1 is 1.57 bits per heavy atom. The van der Waals surface area contributed by atoms with Crippen molar-refractivity contribution in [3.8, 4) is 0 Å². The number of benzene rings is 1. The van der Waals surface area contributed by atoms with Gasteiger partial charge in [0.05, 0.1) is 11.0 Å². The van der Waals surface area contributed by atoms with Crippen LogP contribution in [0.25, 0.3) is 0 Å². The number of non-ortho nitro benzene ring substituents is 1. The van der Waals surface area contributed by atoms with Gasteiger partial charge in [0, 0.05) is 30.7 Å². The first-order chi connectivity index (χ1) is 9.49. The lowest BCUT2D eigenvalue weighted by Crippen LogP contribution is -2.41. The van der Waals surface area contributed by atoms with Crippen molar-refractivity contribution in [3.05, 3.63) is 38.9 Å². The van der Waals surface area contributed by atoms with Gasteiger partial charge in [0.1, 0.15) is 0 Å². The first kappa shape index (κ1) is 17.7. The number of rotatable bonds is 4. The van der Waals surface area contributed by atoms with Crippen LogP contribution in [0.5, 0.6) is 0 Å². The lowest BCUT2D eigenvalue weighted by Gasteiger charge is -2.21. The fourth-order valence-electron chi connectivity index (χ4n) is 2.29. The number of carbonyl (C=O) groups excluding carboxylic acids is 1. The molecule has 1 atom stereocenters. The maximum atomic E-state index is 12.2. The standard InChI is InChI=1S/C13H16ClN3O3.ClH/c1-16(13(18)12-3-2-6-15-12)8-9-7-10(17(19)20)4-5-11(9)14;/h4-5,7,12,15H,2-3,6,8H2,1H3;1H. The van der Waals surface area contributed by atoms with E-state index < -0.39 is 4.92 Å². The van der Waals surface area contributed by atoms with Gasteiger partial charge in [-0.2, -0.15) is 0 Å². The maximum absolute atomic E-state index is 12.2. The van der Waals surface area contributed by atoms with Crippen LogP contribution in [0.3, 0.4) is 0 Å². The van der Waals surface area contributed by atoms with Crippen LogP contribution < -0.4 is 5.32 Å². The topological polar surface area (TPSA) is 75.5 Å². The highest BCUT2D eigenvalue weighted by Gasteiger charge is 2.25. The molecule has 0 aromatic heterocycles. The Hall–Kier alpha value is -1.37. The monoisotopic (exact) mass is 333 g/mol. The molecule has 1 fully saturated rings. The summed E-state index contributed by atoms with van der Waals surface area (Å²) in [5.74, 6) is -0.00919. The third kappa shape index (κ3) is 4.30. The molecule has 1 aliphatic rings. The Labute approximate surface area is 134 Å². The highest BCUT2D eigenvalue weighted by Crippen LogP contribution is 2.23. The average molecular weight is 334 g/mol. The maximum Gasteiger partial charge on any atom is 0.269 e. The van der Waals surface area contributed by atoms with Crippen LogP contribution in [0.2, 0.25) is 5.02 Å². The Morgan fingerprint density at radius 2 is 2.29 bits per heavy atom. The minimum atomic E-state index is -0.472. The minimum Gasteiger partial charge on any atom is -0.340 e. The largest absolute Gasteiger partial charge is 0.340 e. The van der Waals surface area contributed by atoms with Gasteiger partial charge in [0.15, 0.2) is 0 Å². The van der Waals surface area contributed by atoms with Gasteiger partial charge in [-0.15, -0.1) is 12.4 Å². The SMILES string of the molecule is CN(Cc1cc([N+](=O)[O-])ccc1Cl)C(=O)C1CCCN1.Cl. The van der Waals surface area contributed by atoms with Crippen molar-refractivity contribution in [1.29, 1.82) is 0 Å². The van der Waals surface area contributed by atoms with E-state index in [9.17, 15) is 14.9 Å². The minimum absolute atomic E-state index is 0. The number of nitro groups is 1. The third-order valence-corrected chi connectivity index (χ3v) is 3.75. The van der Waals surface area contributed by atoms with Gasteiger partial charge in [-0.1, -0.05) is 11.6 Å². The molecule has 0 radical (unpaired) electrons. The predicted octanol–water partition coefficient (Wildman–Crippen LogP) is 2.38. The van der Waals surface area contributed by atoms with Gasteiger partial charge in [0.2, 0.25) is 5.91 Å². The van der Waals surface area contributed by atoms with E-state index >= 15 is 0 Å². The van der Waals surface area contributed by atoms with Crippen molar-refractivity contribution in [2.75, 3.05) is 13.6 Å². The average Bonchev–Trinajstić information content (AvgIpc) is 2.94. The van der Waals surface area contributed by atoms with Crippen molar-refractivity contribution >= 4 is 35.6 Å². The first-order valence-electron chi connectivity index (χ1n) is 6.40. The summed E-state index contributed by atoms with van der Waals surface area (Å²) >= 11 is 6.03. The van der Waals surface area contributed by atoms with Crippen molar-refractivity contribution in [3.63, 3.8) is 0 Å². The normalized spacial score (nSPS) is 17.1.